The molecule has 0 aromatic heterocycles. The lowest BCUT2D eigenvalue weighted by atomic mass is 9.91. The van der Waals surface area contributed by atoms with E-state index in [1.165, 1.54) is 97.5 Å². The molecule has 1 unspecified atom stereocenters. The van der Waals surface area contributed by atoms with Gasteiger partial charge in [0.25, 0.3) is 0 Å². The first-order chi connectivity index (χ1) is 41.6. The van der Waals surface area contributed by atoms with Gasteiger partial charge in [0.2, 0.25) is 65.0 Å². The minimum absolute atomic E-state index is 0.0525. The van der Waals surface area contributed by atoms with E-state index < -0.39 is 164 Å². The summed E-state index contributed by atoms with van der Waals surface area (Å²) < 4.78 is 7.19. The molecule has 6 N–H and O–H groups in total. The van der Waals surface area contributed by atoms with Gasteiger partial charge in [0, 0.05) is 49.3 Å². The van der Waals surface area contributed by atoms with Gasteiger partial charge in [-0.2, -0.15) is 0 Å². The number of hydrogen-bond donors (Lipinski definition) is 5. The Kier molecular flexibility index (Phi) is 33.1. The minimum atomic E-state index is -2.81. The van der Waals surface area contributed by atoms with E-state index >= 15 is 19.2 Å². The predicted octanol–water partition coefficient (Wildman–Crippen LogP) is 4.68. The van der Waals surface area contributed by atoms with Gasteiger partial charge in [0.1, 0.15) is 60.4 Å². The lowest BCUT2D eigenvalue weighted by Gasteiger charge is -2.46. The summed E-state index contributed by atoms with van der Waals surface area (Å²) >= 11 is 0. The quantitative estimate of drug-likeness (QED) is 0.124. The SMILES string of the molecule is CC[C@@H]1NC(=O)[C@H](C(O[Si](C)(C)C(C)(C)C)[C@H](C)CCN)N(C)C(=O)[C@H](C(C)C)N(C)C(=O)[C@H](CC(C)C)N(C)C(=O)[C@H](CC(C)C)N(C)C(=O)[C@@H](C)NC(=O)[C@H](C)NC(=O)[C@H](CC(C)C)N(C)C(=O)[C@H](C(C)C)NC(=O)[C@H](CC(C)C)N(C)C(=O)CN(C)C1=O. The van der Waals surface area contributed by atoms with E-state index in [-0.39, 0.29) is 67.4 Å². The molecule has 1 rings (SSSR count). The number of nitrogens with two attached hydrogens (primary N) is 1. The molecular weight excluding hydrogens is 1180 g/mol. The Hall–Kier alpha value is -5.69. The minimum Gasteiger partial charge on any atom is -0.411 e. The van der Waals surface area contributed by atoms with E-state index in [1.807, 2.05) is 96.2 Å². The van der Waals surface area contributed by atoms with E-state index in [9.17, 15) is 33.6 Å². The van der Waals surface area contributed by atoms with E-state index in [2.05, 4.69) is 21.3 Å². The highest BCUT2D eigenvalue weighted by Gasteiger charge is 2.49. The maximum Gasteiger partial charge on any atom is 0.246 e. The highest BCUT2D eigenvalue weighted by molar-refractivity contribution is 6.74. The fourth-order valence-corrected chi connectivity index (χ4v) is 12.7. The van der Waals surface area contributed by atoms with Gasteiger partial charge in [-0.25, -0.2) is 0 Å². The van der Waals surface area contributed by atoms with Crippen molar-refractivity contribution in [3.8, 4) is 0 Å². The Morgan fingerprint density at radius 3 is 1.32 bits per heavy atom. The third kappa shape index (κ3) is 23.1. The molecule has 0 radical (unpaired) electrons. The molecule has 1 aliphatic heterocycles. The molecule has 0 spiro atoms. The van der Waals surface area contributed by atoms with Gasteiger partial charge in [-0.1, -0.05) is 118 Å². The zero-order valence-corrected chi connectivity index (χ0v) is 62.2. The molecule has 24 nitrogen and oxygen atoms in total. The van der Waals surface area contributed by atoms with Crippen LogP contribution in [0.15, 0.2) is 0 Å². The van der Waals surface area contributed by atoms with Crippen LogP contribution in [0.4, 0.5) is 0 Å². The summed E-state index contributed by atoms with van der Waals surface area (Å²) in [6.07, 6.45) is 0.0851. The van der Waals surface area contributed by atoms with Crippen molar-refractivity contribution >= 4 is 73.3 Å². The summed E-state index contributed by atoms with van der Waals surface area (Å²) in [6, 6.07) is -12.1. The van der Waals surface area contributed by atoms with E-state index in [0.717, 1.165) is 0 Å². The van der Waals surface area contributed by atoms with Crippen LogP contribution in [0.1, 0.15) is 170 Å². The van der Waals surface area contributed by atoms with Gasteiger partial charge < -0.3 is 65.7 Å². The lowest BCUT2D eigenvalue weighted by Crippen LogP contribution is -2.65. The average Bonchev–Trinajstić information content (AvgIpc) is 0.816. The van der Waals surface area contributed by atoms with Crippen LogP contribution >= 0.6 is 0 Å². The molecule has 11 amide bonds. The van der Waals surface area contributed by atoms with Gasteiger partial charge in [-0.05, 0) is 118 Å². The number of carbonyl (C=O) groups is 11. The van der Waals surface area contributed by atoms with Crippen LogP contribution in [-0.2, 0) is 57.2 Å². The zero-order valence-electron chi connectivity index (χ0n) is 61.2. The van der Waals surface area contributed by atoms with Crippen LogP contribution in [0.3, 0.4) is 0 Å². The fraction of sp³-hybridized carbons (Fsp3) is 0.833. The average molecular weight is 1310 g/mol. The summed E-state index contributed by atoms with van der Waals surface area (Å²) in [5, 5.41) is 10.9. The normalized spacial score (nSPS) is 26.2. The number of likely N-dealkylation sites (N-methyl/N-ethyl adjacent to an activating group) is 7. The van der Waals surface area contributed by atoms with Crippen molar-refractivity contribution in [2.24, 2.45) is 47.2 Å². The van der Waals surface area contributed by atoms with Gasteiger partial charge in [-0.15, -0.1) is 0 Å². The second-order valence-corrected chi connectivity index (χ2v) is 34.5. The van der Waals surface area contributed by atoms with Crippen molar-refractivity contribution in [1.29, 1.82) is 0 Å². The molecule has 1 heterocycles. The highest BCUT2D eigenvalue weighted by atomic mass is 28.4. The largest absolute Gasteiger partial charge is 0.411 e. The van der Waals surface area contributed by atoms with Crippen molar-refractivity contribution in [2.45, 2.75) is 255 Å². The number of amides is 11. The third-order valence-electron chi connectivity index (χ3n) is 18.2. The van der Waals surface area contributed by atoms with Gasteiger partial charge in [0.15, 0.2) is 8.32 Å². The van der Waals surface area contributed by atoms with E-state index in [0.29, 0.717) is 6.42 Å². The van der Waals surface area contributed by atoms with E-state index in [4.69, 9.17) is 10.2 Å². The van der Waals surface area contributed by atoms with Crippen molar-refractivity contribution < 1.29 is 57.2 Å². The standard InChI is InChI=1S/C66H124N12O12Si/c1-29-46-61(85)72(20)36-51(79)73(21)47(32-37(2)3)58(82)71-52(41(10)11)64(88)74(22)48(33-38(4)5)57(81)68-44(15)56(80)69-45(16)60(84)75(23)49(34-39(6)7)62(86)76(24)50(35-40(8)9)63(87)77(25)53(42(12)13)65(89)78(26)54(59(83)70-46)55(43(14)30-31-67)90-91(27,28)66(17,18)19/h37-50,52-55H,29-36,67H2,1-28H3,(H,68,81)(H,69,80)(H,70,83)(H,71,82)/t43-,44+,45-,46+,47+,48+,49+,50+,52+,53+,54+,55?/m1/s1. The topological polar surface area (TPSA) is 294 Å². The fourth-order valence-electron chi connectivity index (χ4n) is 11.3. The zero-order chi connectivity index (χ0) is 71.0. The molecule has 0 aromatic rings. The molecule has 0 saturated carbocycles. The number of nitrogens with zero attached hydrogens (tertiary/aromatic N) is 7. The Balaban J connectivity index is 4.53. The van der Waals surface area contributed by atoms with Crippen LogP contribution < -0.4 is 27.0 Å². The molecule has 12 atom stereocenters. The molecule has 91 heavy (non-hydrogen) atoms. The van der Waals surface area contributed by atoms with Crippen molar-refractivity contribution in [3.05, 3.63) is 0 Å². The molecule has 1 aliphatic rings. The number of rotatable bonds is 17. The Morgan fingerprint density at radius 1 is 0.484 bits per heavy atom. The lowest BCUT2D eigenvalue weighted by molar-refractivity contribution is -0.157. The summed E-state index contributed by atoms with van der Waals surface area (Å²) in [7, 11) is 7.40. The number of hydrogen-bond acceptors (Lipinski definition) is 13. The van der Waals surface area contributed by atoms with Crippen molar-refractivity contribution in [2.75, 3.05) is 62.4 Å². The maximum atomic E-state index is 15.7. The van der Waals surface area contributed by atoms with E-state index in [1.54, 1.807) is 34.6 Å². The summed E-state index contributed by atoms with van der Waals surface area (Å²) in [5.41, 5.74) is 6.23. The van der Waals surface area contributed by atoms with Crippen LogP contribution in [0, 0.1) is 41.4 Å². The first-order valence-electron chi connectivity index (χ1n) is 33.1. The van der Waals surface area contributed by atoms with Gasteiger partial charge in [-0.3, -0.25) is 52.7 Å². The van der Waals surface area contributed by atoms with Gasteiger partial charge >= 0.3 is 0 Å². The molecule has 524 valence electrons. The molecule has 0 aliphatic carbocycles. The summed E-state index contributed by atoms with van der Waals surface area (Å²) in [6.45, 7) is 38.5. The van der Waals surface area contributed by atoms with Crippen LogP contribution in [0.5, 0.6) is 0 Å². The maximum absolute atomic E-state index is 15.7. The Morgan fingerprint density at radius 2 is 0.890 bits per heavy atom. The number of nitrogens with one attached hydrogen (secondary N) is 4. The second-order valence-electron chi connectivity index (χ2n) is 29.7. The van der Waals surface area contributed by atoms with Crippen molar-refractivity contribution in [3.63, 3.8) is 0 Å². The van der Waals surface area contributed by atoms with Gasteiger partial charge in [0.05, 0.1) is 12.6 Å². The highest BCUT2D eigenvalue weighted by Crippen LogP contribution is 2.40. The third-order valence-corrected chi connectivity index (χ3v) is 22.6. The van der Waals surface area contributed by atoms with Crippen LogP contribution in [-0.4, -0.2) is 237 Å². The molecule has 0 aromatic carbocycles. The number of carbonyl (C=O) groups excluding carboxylic acids is 11. The smallest absolute Gasteiger partial charge is 0.246 e. The molecule has 0 bridgehead atoms. The summed E-state index contributed by atoms with van der Waals surface area (Å²) in [4.78, 5) is 172. The molecule has 1 saturated heterocycles. The Bertz CT molecular complexity index is 2490. The molecule has 25 heteroatoms. The predicted molar refractivity (Wildman–Crippen MR) is 359 cm³/mol. The molecule has 1 fully saturated rings. The monoisotopic (exact) mass is 1300 g/mol. The first kappa shape index (κ1) is 83.3. The Labute approximate surface area is 548 Å². The second kappa shape index (κ2) is 36.1. The molecular formula is C66H124N12O12Si. The van der Waals surface area contributed by atoms with Crippen LogP contribution in [0.2, 0.25) is 18.1 Å². The summed E-state index contributed by atoms with van der Waals surface area (Å²) in [5.74, 6) is -9.14. The van der Waals surface area contributed by atoms with Crippen LogP contribution in [0.25, 0.3) is 0 Å². The van der Waals surface area contributed by atoms with Crippen molar-refractivity contribution in [1.82, 2.24) is 55.6 Å². The first-order valence-corrected chi connectivity index (χ1v) is 36.0.